The van der Waals surface area contributed by atoms with Crippen LogP contribution in [0.4, 0.5) is 5.00 Å². The second kappa shape index (κ2) is 10.1. The summed E-state index contributed by atoms with van der Waals surface area (Å²) in [6.45, 7) is 6.59. The third-order valence-corrected chi connectivity index (χ3v) is 7.42. The van der Waals surface area contributed by atoms with E-state index in [9.17, 15) is 9.59 Å². The first-order valence-corrected chi connectivity index (χ1v) is 12.4. The van der Waals surface area contributed by atoms with E-state index in [0.29, 0.717) is 24.2 Å². The second-order valence-corrected chi connectivity index (χ2v) is 10.1. The Labute approximate surface area is 189 Å². The van der Waals surface area contributed by atoms with Crippen molar-refractivity contribution in [1.82, 2.24) is 10.2 Å². The fraction of sp³-hybridized carbons (Fsp3) is 0.520. The van der Waals surface area contributed by atoms with Crippen LogP contribution in [0.5, 0.6) is 0 Å². The average Bonchev–Trinajstić information content (AvgIpc) is 3.12. The molecule has 0 radical (unpaired) electrons. The number of likely N-dealkylation sites (tertiary alicyclic amines) is 1. The van der Waals surface area contributed by atoms with Gasteiger partial charge in [-0.25, -0.2) is 0 Å². The maximum atomic E-state index is 13.3. The van der Waals surface area contributed by atoms with E-state index >= 15 is 0 Å². The number of thiophene rings is 1. The van der Waals surface area contributed by atoms with E-state index in [1.165, 1.54) is 4.88 Å². The first-order valence-electron chi connectivity index (χ1n) is 11.5. The third-order valence-electron chi connectivity index (χ3n) is 6.21. The standard InChI is InChI=1S/C25H33N3O2S/c1-17(2)26-19-12-14-28(15-13-19)16-22(29)27-25-23(20-10-6-7-11-21(20)31-25)24(30)18-8-4-3-5-9-18/h3-5,8-9,17,19,26H,6-7,10-16H2,1-2H3,(H,27,29). The van der Waals surface area contributed by atoms with E-state index in [2.05, 4.69) is 29.4 Å². The number of hydrogen-bond donors (Lipinski definition) is 2. The average molecular weight is 440 g/mol. The van der Waals surface area contributed by atoms with Crippen molar-refractivity contribution in [1.29, 1.82) is 0 Å². The molecule has 6 heteroatoms. The highest BCUT2D eigenvalue weighted by atomic mass is 32.1. The number of amides is 1. The Morgan fingerprint density at radius 1 is 1.10 bits per heavy atom. The Hall–Kier alpha value is -2.02. The lowest BCUT2D eigenvalue weighted by molar-refractivity contribution is -0.117. The van der Waals surface area contributed by atoms with E-state index in [-0.39, 0.29) is 11.7 Å². The number of carbonyl (C=O) groups is 2. The number of carbonyl (C=O) groups excluding carboxylic acids is 2. The molecule has 0 spiro atoms. The zero-order valence-electron chi connectivity index (χ0n) is 18.6. The summed E-state index contributed by atoms with van der Waals surface area (Å²) in [6.07, 6.45) is 6.31. The molecule has 1 aromatic carbocycles. The molecule has 0 unspecified atom stereocenters. The molecule has 0 bridgehead atoms. The Kier molecular flexibility index (Phi) is 7.20. The predicted octanol–water partition coefficient (Wildman–Crippen LogP) is 4.26. The molecule has 31 heavy (non-hydrogen) atoms. The van der Waals surface area contributed by atoms with Crippen molar-refractivity contribution in [3.8, 4) is 0 Å². The Morgan fingerprint density at radius 3 is 2.52 bits per heavy atom. The minimum atomic E-state index is -0.0176. The number of anilines is 1. The van der Waals surface area contributed by atoms with E-state index in [4.69, 9.17) is 0 Å². The molecule has 1 fully saturated rings. The second-order valence-electron chi connectivity index (χ2n) is 9.03. The number of hydrogen-bond acceptors (Lipinski definition) is 5. The number of aryl methyl sites for hydroxylation is 1. The highest BCUT2D eigenvalue weighted by Crippen LogP contribution is 2.39. The fourth-order valence-electron chi connectivity index (χ4n) is 4.73. The summed E-state index contributed by atoms with van der Waals surface area (Å²) in [5, 5.41) is 7.44. The Balaban J connectivity index is 1.45. The summed E-state index contributed by atoms with van der Waals surface area (Å²) in [5.41, 5.74) is 2.56. The van der Waals surface area contributed by atoms with Crippen molar-refractivity contribution < 1.29 is 9.59 Å². The lowest BCUT2D eigenvalue weighted by atomic mass is 9.92. The maximum absolute atomic E-state index is 13.3. The SMILES string of the molecule is CC(C)NC1CCN(CC(=O)Nc2sc3c(c2C(=O)c2ccccc2)CCCC3)CC1. The van der Waals surface area contributed by atoms with Gasteiger partial charge in [-0.05, 0) is 44.1 Å². The molecule has 5 nitrogen and oxygen atoms in total. The van der Waals surface area contributed by atoms with Crippen molar-refractivity contribution in [2.75, 3.05) is 25.0 Å². The Morgan fingerprint density at radius 2 is 1.81 bits per heavy atom. The van der Waals surface area contributed by atoms with E-state index in [1.54, 1.807) is 11.3 Å². The largest absolute Gasteiger partial charge is 0.316 e. The highest BCUT2D eigenvalue weighted by Gasteiger charge is 2.28. The van der Waals surface area contributed by atoms with Crippen LogP contribution in [0, 0.1) is 0 Å². The van der Waals surface area contributed by atoms with Gasteiger partial charge in [0.2, 0.25) is 5.91 Å². The molecule has 166 valence electrons. The zero-order valence-corrected chi connectivity index (χ0v) is 19.4. The molecule has 1 saturated heterocycles. The molecule has 2 N–H and O–H groups in total. The number of rotatable bonds is 7. The van der Waals surface area contributed by atoms with Gasteiger partial charge in [0, 0.05) is 35.6 Å². The molecule has 2 aliphatic rings. The van der Waals surface area contributed by atoms with Gasteiger partial charge in [0.25, 0.3) is 0 Å². The lowest BCUT2D eigenvalue weighted by Gasteiger charge is -2.32. The molecule has 1 aliphatic carbocycles. The molecular weight excluding hydrogens is 406 g/mol. The van der Waals surface area contributed by atoms with Crippen LogP contribution in [-0.4, -0.2) is 48.3 Å². The molecule has 0 saturated carbocycles. The van der Waals surface area contributed by atoms with Gasteiger partial charge >= 0.3 is 0 Å². The molecule has 1 aromatic heterocycles. The van der Waals surface area contributed by atoms with E-state index in [1.807, 2.05) is 30.3 Å². The smallest absolute Gasteiger partial charge is 0.239 e. The van der Waals surface area contributed by atoms with E-state index < -0.39 is 0 Å². The lowest BCUT2D eigenvalue weighted by Crippen LogP contribution is -2.46. The van der Waals surface area contributed by atoms with Gasteiger partial charge in [-0.15, -0.1) is 11.3 Å². The number of piperidine rings is 1. The molecule has 1 amide bonds. The van der Waals surface area contributed by atoms with Gasteiger partial charge in [0.15, 0.2) is 5.78 Å². The van der Waals surface area contributed by atoms with Crippen molar-refractivity contribution in [3.05, 3.63) is 51.9 Å². The fourth-order valence-corrected chi connectivity index (χ4v) is 6.03. The van der Waals surface area contributed by atoms with Crippen LogP contribution in [0.15, 0.2) is 30.3 Å². The number of benzene rings is 1. The van der Waals surface area contributed by atoms with Crippen LogP contribution in [-0.2, 0) is 17.6 Å². The van der Waals surface area contributed by atoms with Gasteiger partial charge in [0.05, 0.1) is 12.1 Å². The highest BCUT2D eigenvalue weighted by molar-refractivity contribution is 7.17. The summed E-state index contributed by atoms with van der Waals surface area (Å²) < 4.78 is 0. The van der Waals surface area contributed by atoms with Gasteiger partial charge in [0.1, 0.15) is 5.00 Å². The molecular formula is C25H33N3O2S. The minimum Gasteiger partial charge on any atom is -0.316 e. The van der Waals surface area contributed by atoms with Crippen molar-refractivity contribution in [2.24, 2.45) is 0 Å². The summed E-state index contributed by atoms with van der Waals surface area (Å²) >= 11 is 1.60. The number of fused-ring (bicyclic) bond motifs is 1. The quantitative estimate of drug-likeness (QED) is 0.633. The van der Waals surface area contributed by atoms with Crippen LogP contribution >= 0.6 is 11.3 Å². The van der Waals surface area contributed by atoms with Crippen molar-refractivity contribution in [2.45, 2.75) is 64.5 Å². The summed E-state index contributed by atoms with van der Waals surface area (Å²) in [7, 11) is 0. The van der Waals surface area contributed by atoms with Gasteiger partial charge in [-0.1, -0.05) is 44.2 Å². The zero-order chi connectivity index (χ0) is 21.8. The number of ketones is 1. The first-order chi connectivity index (χ1) is 15.0. The van der Waals surface area contributed by atoms with Crippen LogP contribution in [0.2, 0.25) is 0 Å². The normalized spacial score (nSPS) is 17.5. The van der Waals surface area contributed by atoms with Gasteiger partial charge in [-0.2, -0.15) is 0 Å². The molecule has 2 heterocycles. The van der Waals surface area contributed by atoms with Crippen LogP contribution < -0.4 is 10.6 Å². The molecule has 1 aliphatic heterocycles. The monoisotopic (exact) mass is 439 g/mol. The first kappa shape index (κ1) is 22.2. The van der Waals surface area contributed by atoms with Gasteiger partial charge < -0.3 is 10.6 Å². The molecule has 0 atom stereocenters. The molecule has 2 aromatic rings. The summed E-state index contributed by atoms with van der Waals surface area (Å²) in [6, 6.07) is 10.4. The maximum Gasteiger partial charge on any atom is 0.239 e. The third kappa shape index (κ3) is 5.43. The topological polar surface area (TPSA) is 61.4 Å². The van der Waals surface area contributed by atoms with E-state index in [0.717, 1.165) is 67.7 Å². The minimum absolute atomic E-state index is 0.0176. The van der Waals surface area contributed by atoms with Crippen molar-refractivity contribution >= 4 is 28.0 Å². The Bertz CT molecular complexity index is 914. The van der Waals surface area contributed by atoms with Gasteiger partial charge in [-0.3, -0.25) is 14.5 Å². The van der Waals surface area contributed by atoms with Crippen LogP contribution in [0.3, 0.4) is 0 Å². The van der Waals surface area contributed by atoms with Crippen molar-refractivity contribution in [3.63, 3.8) is 0 Å². The number of nitrogens with zero attached hydrogens (tertiary/aromatic N) is 1. The number of nitrogens with one attached hydrogen (secondary N) is 2. The molecule has 4 rings (SSSR count). The summed E-state index contributed by atoms with van der Waals surface area (Å²) in [4.78, 5) is 29.7. The van der Waals surface area contributed by atoms with Crippen LogP contribution in [0.1, 0.15) is 65.9 Å². The van der Waals surface area contributed by atoms with Crippen LogP contribution in [0.25, 0.3) is 0 Å². The summed E-state index contributed by atoms with van der Waals surface area (Å²) in [5.74, 6) is 0.00634. The predicted molar refractivity (Wildman–Crippen MR) is 127 cm³/mol.